The van der Waals surface area contributed by atoms with E-state index in [9.17, 15) is 0 Å². The molecule has 0 fully saturated rings. The largest absolute Gasteiger partial charge is 0.491 e. The van der Waals surface area contributed by atoms with Crippen LogP contribution in [-0.2, 0) is 11.3 Å². The number of nitrogens with one attached hydrogen (secondary N) is 1. The second kappa shape index (κ2) is 8.56. The fraction of sp³-hybridized carbons (Fsp3) is 0.600. The summed E-state index contributed by atoms with van der Waals surface area (Å²) in [4.78, 5) is 0. The third kappa shape index (κ3) is 5.93. The summed E-state index contributed by atoms with van der Waals surface area (Å²) in [7, 11) is 1.68. The highest BCUT2D eigenvalue weighted by Gasteiger charge is 2.09. The van der Waals surface area contributed by atoms with Gasteiger partial charge in [0.25, 0.3) is 0 Å². The van der Waals surface area contributed by atoms with Crippen LogP contribution < -0.4 is 10.1 Å². The van der Waals surface area contributed by atoms with Gasteiger partial charge >= 0.3 is 0 Å². The summed E-state index contributed by atoms with van der Waals surface area (Å²) in [6.07, 6.45) is 0. The zero-order valence-corrected chi connectivity index (χ0v) is 13.8. The van der Waals surface area contributed by atoms with E-state index in [1.165, 1.54) is 5.56 Å². The molecule has 19 heavy (non-hydrogen) atoms. The molecular weight excluding hydrogens is 306 g/mol. The number of rotatable bonds is 8. The highest BCUT2D eigenvalue weighted by Crippen LogP contribution is 2.28. The van der Waals surface area contributed by atoms with Crippen LogP contribution in [0.4, 0.5) is 0 Å². The van der Waals surface area contributed by atoms with Crippen molar-refractivity contribution in [1.29, 1.82) is 0 Å². The van der Waals surface area contributed by atoms with E-state index in [-0.39, 0.29) is 0 Å². The number of hydrogen-bond acceptors (Lipinski definition) is 3. The third-order valence-electron chi connectivity index (χ3n) is 2.72. The van der Waals surface area contributed by atoms with E-state index in [4.69, 9.17) is 9.47 Å². The minimum absolute atomic E-state index is 0.580. The number of methoxy groups -OCH3 is 1. The lowest BCUT2D eigenvalue weighted by Crippen LogP contribution is -2.20. The molecule has 0 saturated carbocycles. The van der Waals surface area contributed by atoms with E-state index in [2.05, 4.69) is 54.2 Å². The molecule has 0 atom stereocenters. The van der Waals surface area contributed by atoms with Gasteiger partial charge in [0, 0.05) is 23.7 Å². The van der Waals surface area contributed by atoms with E-state index >= 15 is 0 Å². The molecule has 108 valence electrons. The van der Waals surface area contributed by atoms with Crippen LogP contribution in [0.5, 0.6) is 5.75 Å². The molecule has 1 N–H and O–H groups in total. The van der Waals surface area contributed by atoms with Crippen LogP contribution >= 0.6 is 15.9 Å². The van der Waals surface area contributed by atoms with Crippen molar-refractivity contribution in [2.45, 2.75) is 27.3 Å². The summed E-state index contributed by atoms with van der Waals surface area (Å²) < 4.78 is 12.0. The molecule has 0 aliphatic heterocycles. The lowest BCUT2D eigenvalue weighted by atomic mass is 10.1. The molecule has 0 radical (unpaired) electrons. The van der Waals surface area contributed by atoms with Crippen molar-refractivity contribution >= 4 is 15.9 Å². The van der Waals surface area contributed by atoms with Crippen LogP contribution in [0.2, 0.25) is 0 Å². The Morgan fingerprint density at radius 3 is 2.63 bits per heavy atom. The van der Waals surface area contributed by atoms with Crippen LogP contribution in [0.3, 0.4) is 0 Å². The Labute approximate surface area is 124 Å². The number of ether oxygens (including phenoxy) is 2. The summed E-state index contributed by atoms with van der Waals surface area (Å²) in [6.45, 7) is 9.48. The number of hydrogen-bond donors (Lipinski definition) is 1. The standard InChI is InChI=1S/C15H24BrNO2/c1-11(2)9-17-10-13-8-14(16)7-12(3)15(13)19-6-5-18-4/h7-8,11,17H,5-6,9-10H2,1-4H3. The van der Waals surface area contributed by atoms with Crippen molar-refractivity contribution < 1.29 is 9.47 Å². The molecule has 0 amide bonds. The monoisotopic (exact) mass is 329 g/mol. The van der Waals surface area contributed by atoms with Crippen molar-refractivity contribution in [3.05, 3.63) is 27.7 Å². The quantitative estimate of drug-likeness (QED) is 0.740. The van der Waals surface area contributed by atoms with Crippen LogP contribution in [0.1, 0.15) is 25.0 Å². The Kier molecular flexibility index (Phi) is 7.42. The van der Waals surface area contributed by atoms with Gasteiger partial charge in [0.05, 0.1) is 6.61 Å². The van der Waals surface area contributed by atoms with Gasteiger partial charge in [-0.15, -0.1) is 0 Å². The second-order valence-corrected chi connectivity index (χ2v) is 5.99. The summed E-state index contributed by atoms with van der Waals surface area (Å²) >= 11 is 3.54. The second-order valence-electron chi connectivity index (χ2n) is 5.08. The van der Waals surface area contributed by atoms with Gasteiger partial charge in [-0.1, -0.05) is 29.8 Å². The van der Waals surface area contributed by atoms with Crippen molar-refractivity contribution in [2.75, 3.05) is 26.9 Å². The van der Waals surface area contributed by atoms with Gasteiger partial charge in [-0.05, 0) is 37.1 Å². The Balaban J connectivity index is 2.74. The molecule has 0 aliphatic carbocycles. The van der Waals surface area contributed by atoms with Gasteiger partial charge in [-0.2, -0.15) is 0 Å². The summed E-state index contributed by atoms with van der Waals surface area (Å²) in [5, 5.41) is 3.45. The Hall–Kier alpha value is -0.580. The molecular formula is C15H24BrNO2. The Morgan fingerprint density at radius 1 is 1.26 bits per heavy atom. The molecule has 0 aromatic heterocycles. The Morgan fingerprint density at radius 2 is 2.00 bits per heavy atom. The molecule has 1 aromatic rings. The minimum Gasteiger partial charge on any atom is -0.491 e. The molecule has 0 spiro atoms. The Bertz CT molecular complexity index is 394. The lowest BCUT2D eigenvalue weighted by molar-refractivity contribution is 0.145. The highest BCUT2D eigenvalue weighted by atomic mass is 79.9. The van der Waals surface area contributed by atoms with Gasteiger partial charge in [-0.25, -0.2) is 0 Å². The third-order valence-corrected chi connectivity index (χ3v) is 3.18. The first-order valence-electron chi connectivity index (χ1n) is 6.66. The zero-order valence-electron chi connectivity index (χ0n) is 12.3. The maximum absolute atomic E-state index is 5.84. The molecule has 0 bridgehead atoms. The molecule has 3 nitrogen and oxygen atoms in total. The first kappa shape index (κ1) is 16.5. The van der Waals surface area contributed by atoms with E-state index in [1.807, 2.05) is 0 Å². The van der Waals surface area contributed by atoms with Crippen LogP contribution in [-0.4, -0.2) is 26.9 Å². The number of benzene rings is 1. The smallest absolute Gasteiger partial charge is 0.126 e. The van der Waals surface area contributed by atoms with Gasteiger partial charge in [-0.3, -0.25) is 0 Å². The van der Waals surface area contributed by atoms with Crippen LogP contribution in [0.15, 0.2) is 16.6 Å². The summed E-state index contributed by atoms with van der Waals surface area (Å²) in [5.74, 6) is 1.61. The maximum atomic E-state index is 5.84. The van der Waals surface area contributed by atoms with Gasteiger partial charge in [0.1, 0.15) is 12.4 Å². The van der Waals surface area contributed by atoms with E-state index in [1.54, 1.807) is 7.11 Å². The predicted octanol–water partition coefficient (Wildman–Crippen LogP) is 3.53. The minimum atomic E-state index is 0.580. The molecule has 0 aliphatic rings. The lowest BCUT2D eigenvalue weighted by Gasteiger charge is -2.16. The summed E-state index contributed by atoms with van der Waals surface area (Å²) in [6, 6.07) is 4.19. The fourth-order valence-electron chi connectivity index (χ4n) is 1.86. The topological polar surface area (TPSA) is 30.5 Å². The molecule has 0 unspecified atom stereocenters. The van der Waals surface area contributed by atoms with E-state index < -0.39 is 0 Å². The summed E-state index contributed by atoms with van der Waals surface area (Å²) in [5.41, 5.74) is 2.33. The van der Waals surface area contributed by atoms with E-state index in [0.717, 1.165) is 28.9 Å². The van der Waals surface area contributed by atoms with Gasteiger partial charge < -0.3 is 14.8 Å². The van der Waals surface area contributed by atoms with Crippen molar-refractivity contribution in [3.8, 4) is 5.75 Å². The normalized spacial score (nSPS) is 11.1. The SMILES string of the molecule is COCCOc1c(C)cc(Br)cc1CNCC(C)C. The maximum Gasteiger partial charge on any atom is 0.126 e. The first-order valence-corrected chi connectivity index (χ1v) is 7.45. The average molecular weight is 330 g/mol. The van der Waals surface area contributed by atoms with Crippen molar-refractivity contribution in [3.63, 3.8) is 0 Å². The zero-order chi connectivity index (χ0) is 14.3. The predicted molar refractivity (Wildman–Crippen MR) is 82.8 cm³/mol. The number of aryl methyl sites for hydroxylation is 1. The van der Waals surface area contributed by atoms with Crippen LogP contribution in [0, 0.1) is 12.8 Å². The van der Waals surface area contributed by atoms with Crippen molar-refractivity contribution in [2.24, 2.45) is 5.92 Å². The molecule has 1 aromatic carbocycles. The molecule has 1 rings (SSSR count). The molecule has 0 heterocycles. The number of halogens is 1. The highest BCUT2D eigenvalue weighted by molar-refractivity contribution is 9.10. The van der Waals surface area contributed by atoms with Crippen LogP contribution in [0.25, 0.3) is 0 Å². The van der Waals surface area contributed by atoms with Gasteiger partial charge in [0.2, 0.25) is 0 Å². The van der Waals surface area contributed by atoms with Gasteiger partial charge in [0.15, 0.2) is 0 Å². The fourth-order valence-corrected chi connectivity index (χ4v) is 2.48. The molecule has 0 saturated heterocycles. The van der Waals surface area contributed by atoms with Crippen molar-refractivity contribution in [1.82, 2.24) is 5.32 Å². The van der Waals surface area contributed by atoms with E-state index in [0.29, 0.717) is 19.1 Å². The first-order chi connectivity index (χ1) is 9.04. The molecule has 4 heteroatoms. The average Bonchev–Trinajstić information content (AvgIpc) is 2.32.